The zero-order valence-corrected chi connectivity index (χ0v) is 10.4. The van der Waals surface area contributed by atoms with Crippen LogP contribution in [0.3, 0.4) is 0 Å². The second kappa shape index (κ2) is 6.54. The lowest BCUT2D eigenvalue weighted by Crippen LogP contribution is -2.13. The highest BCUT2D eigenvalue weighted by molar-refractivity contribution is 5.35. The first-order chi connectivity index (χ1) is 7.69. The Kier molecular flexibility index (Phi) is 5.33. The van der Waals surface area contributed by atoms with Gasteiger partial charge in [0.25, 0.3) is 0 Å². The van der Waals surface area contributed by atoms with Gasteiger partial charge < -0.3 is 9.84 Å². The van der Waals surface area contributed by atoms with Gasteiger partial charge in [-0.2, -0.15) is 0 Å². The van der Waals surface area contributed by atoms with Crippen molar-refractivity contribution >= 4 is 0 Å². The molecule has 0 bridgehead atoms. The molecule has 90 valence electrons. The second-order valence-corrected chi connectivity index (χ2v) is 4.18. The fraction of sp³-hybridized carbons (Fsp3) is 0.571. The molecule has 1 N–H and O–H groups in total. The normalized spacial score (nSPS) is 14.5. The lowest BCUT2D eigenvalue weighted by Gasteiger charge is -2.19. The van der Waals surface area contributed by atoms with Crippen LogP contribution in [0.25, 0.3) is 0 Å². The lowest BCUT2D eigenvalue weighted by atomic mass is 10.1. The minimum Gasteiger partial charge on any atom is -0.490 e. The van der Waals surface area contributed by atoms with Crippen LogP contribution in [0.4, 0.5) is 0 Å². The van der Waals surface area contributed by atoms with Crippen LogP contribution in [0, 0.1) is 0 Å². The molecule has 1 unspecified atom stereocenters. The molecule has 0 radical (unpaired) electrons. The molecular formula is C14H22O2. The Morgan fingerprint density at radius 3 is 2.56 bits per heavy atom. The van der Waals surface area contributed by atoms with Crippen molar-refractivity contribution in [3.8, 4) is 5.75 Å². The molecule has 0 aliphatic carbocycles. The van der Waals surface area contributed by atoms with Gasteiger partial charge in [-0.25, -0.2) is 0 Å². The number of para-hydroxylation sites is 1. The Hall–Kier alpha value is -1.02. The van der Waals surface area contributed by atoms with Gasteiger partial charge in [-0.3, -0.25) is 0 Å². The van der Waals surface area contributed by atoms with E-state index in [4.69, 9.17) is 4.74 Å². The van der Waals surface area contributed by atoms with Crippen molar-refractivity contribution in [1.82, 2.24) is 0 Å². The van der Waals surface area contributed by atoms with Crippen LogP contribution < -0.4 is 4.74 Å². The zero-order chi connectivity index (χ0) is 12.0. The second-order valence-electron chi connectivity index (χ2n) is 4.18. The van der Waals surface area contributed by atoms with Crippen LogP contribution in [0.15, 0.2) is 24.3 Å². The number of benzene rings is 1. The first-order valence-electron chi connectivity index (χ1n) is 6.12. The number of ether oxygens (including phenoxy) is 1. The molecule has 0 fully saturated rings. The number of aliphatic hydroxyl groups is 1. The Morgan fingerprint density at radius 1 is 1.25 bits per heavy atom. The van der Waals surface area contributed by atoms with E-state index >= 15 is 0 Å². The highest BCUT2D eigenvalue weighted by atomic mass is 16.5. The smallest absolute Gasteiger partial charge is 0.125 e. The third-order valence-electron chi connectivity index (χ3n) is 2.69. The summed E-state index contributed by atoms with van der Waals surface area (Å²) in [5.74, 6) is 0.817. The molecule has 0 aromatic heterocycles. The van der Waals surface area contributed by atoms with E-state index in [2.05, 4.69) is 13.8 Å². The summed E-state index contributed by atoms with van der Waals surface area (Å²) in [6.45, 7) is 6.18. The number of rotatable bonds is 6. The van der Waals surface area contributed by atoms with Gasteiger partial charge in [0.15, 0.2) is 0 Å². The van der Waals surface area contributed by atoms with Gasteiger partial charge in [-0.1, -0.05) is 38.5 Å². The Morgan fingerprint density at radius 2 is 1.94 bits per heavy atom. The maximum Gasteiger partial charge on any atom is 0.125 e. The van der Waals surface area contributed by atoms with Crippen molar-refractivity contribution in [2.24, 2.45) is 0 Å². The molecule has 2 nitrogen and oxygen atoms in total. The van der Waals surface area contributed by atoms with Crippen molar-refractivity contribution < 1.29 is 9.84 Å². The van der Waals surface area contributed by atoms with E-state index in [9.17, 15) is 5.11 Å². The highest BCUT2D eigenvalue weighted by Crippen LogP contribution is 2.28. The zero-order valence-electron chi connectivity index (χ0n) is 10.4. The van der Waals surface area contributed by atoms with Crippen molar-refractivity contribution in [2.75, 3.05) is 0 Å². The molecule has 0 aliphatic heterocycles. The molecule has 1 rings (SSSR count). The Bertz CT molecular complexity index is 309. The van der Waals surface area contributed by atoms with Gasteiger partial charge in [0, 0.05) is 5.56 Å². The topological polar surface area (TPSA) is 29.5 Å². The molecule has 0 saturated carbocycles. The van der Waals surface area contributed by atoms with E-state index in [1.165, 1.54) is 0 Å². The summed E-state index contributed by atoms with van der Waals surface area (Å²) in [7, 11) is 0. The molecule has 16 heavy (non-hydrogen) atoms. The maximum atomic E-state index is 9.87. The summed E-state index contributed by atoms with van der Waals surface area (Å²) in [6.07, 6.45) is 2.64. The molecule has 0 spiro atoms. The summed E-state index contributed by atoms with van der Waals surface area (Å²) >= 11 is 0. The molecule has 2 atom stereocenters. The van der Waals surface area contributed by atoms with E-state index in [-0.39, 0.29) is 6.10 Å². The lowest BCUT2D eigenvalue weighted by molar-refractivity contribution is 0.157. The predicted octanol–water partition coefficient (Wildman–Crippen LogP) is 3.70. The van der Waals surface area contributed by atoms with Crippen LogP contribution in [-0.4, -0.2) is 11.2 Å². The first kappa shape index (κ1) is 13.0. The first-order valence-corrected chi connectivity index (χ1v) is 6.12. The highest BCUT2D eigenvalue weighted by Gasteiger charge is 2.12. The SMILES string of the molecule is CCCC(C)Oc1ccccc1[C@@H](O)CC. The predicted molar refractivity (Wildman–Crippen MR) is 66.7 cm³/mol. The van der Waals surface area contributed by atoms with Crippen LogP contribution in [0.5, 0.6) is 5.75 Å². The quantitative estimate of drug-likeness (QED) is 0.795. The number of aliphatic hydroxyl groups excluding tert-OH is 1. The summed E-state index contributed by atoms with van der Waals surface area (Å²) in [6, 6.07) is 7.74. The molecule has 0 amide bonds. The Balaban J connectivity index is 2.78. The third kappa shape index (κ3) is 3.53. The average molecular weight is 222 g/mol. The van der Waals surface area contributed by atoms with Crippen LogP contribution >= 0.6 is 0 Å². The van der Waals surface area contributed by atoms with Gasteiger partial charge in [-0.05, 0) is 25.8 Å². The van der Waals surface area contributed by atoms with Crippen molar-refractivity contribution in [1.29, 1.82) is 0 Å². The average Bonchev–Trinajstić information content (AvgIpc) is 2.29. The molecular weight excluding hydrogens is 200 g/mol. The Labute approximate surface area is 98.3 Å². The number of hydrogen-bond donors (Lipinski definition) is 1. The van der Waals surface area contributed by atoms with Gasteiger partial charge in [0.1, 0.15) is 5.75 Å². The summed E-state index contributed by atoms with van der Waals surface area (Å²) in [4.78, 5) is 0. The van der Waals surface area contributed by atoms with E-state index in [1.807, 2.05) is 31.2 Å². The van der Waals surface area contributed by atoms with E-state index in [0.29, 0.717) is 6.42 Å². The maximum absolute atomic E-state index is 9.87. The van der Waals surface area contributed by atoms with Crippen LogP contribution in [0.2, 0.25) is 0 Å². The summed E-state index contributed by atoms with van der Waals surface area (Å²) in [5.41, 5.74) is 0.896. The van der Waals surface area contributed by atoms with E-state index < -0.39 is 6.10 Å². The van der Waals surface area contributed by atoms with Crippen LogP contribution in [0.1, 0.15) is 51.7 Å². The standard InChI is InChI=1S/C14H22O2/c1-4-8-11(3)16-14-10-7-6-9-12(14)13(15)5-2/h6-7,9-11,13,15H,4-5,8H2,1-3H3/t11?,13-/m0/s1. The van der Waals surface area contributed by atoms with Crippen molar-refractivity contribution in [2.45, 2.75) is 52.2 Å². The van der Waals surface area contributed by atoms with Gasteiger partial charge in [-0.15, -0.1) is 0 Å². The minimum atomic E-state index is -0.426. The molecule has 2 heteroatoms. The fourth-order valence-corrected chi connectivity index (χ4v) is 1.77. The molecule has 0 saturated heterocycles. The van der Waals surface area contributed by atoms with Crippen LogP contribution in [-0.2, 0) is 0 Å². The van der Waals surface area contributed by atoms with E-state index in [1.54, 1.807) is 0 Å². The number of hydrogen-bond acceptors (Lipinski definition) is 2. The van der Waals surface area contributed by atoms with Gasteiger partial charge >= 0.3 is 0 Å². The van der Waals surface area contributed by atoms with Gasteiger partial charge in [0.2, 0.25) is 0 Å². The van der Waals surface area contributed by atoms with Crippen molar-refractivity contribution in [3.05, 3.63) is 29.8 Å². The third-order valence-corrected chi connectivity index (χ3v) is 2.69. The molecule has 1 aromatic carbocycles. The molecule has 1 aromatic rings. The monoisotopic (exact) mass is 222 g/mol. The summed E-state index contributed by atoms with van der Waals surface area (Å²) < 4.78 is 5.85. The van der Waals surface area contributed by atoms with Crippen molar-refractivity contribution in [3.63, 3.8) is 0 Å². The van der Waals surface area contributed by atoms with Gasteiger partial charge in [0.05, 0.1) is 12.2 Å². The molecule has 0 heterocycles. The fourth-order valence-electron chi connectivity index (χ4n) is 1.77. The molecule has 0 aliphatic rings. The van der Waals surface area contributed by atoms with E-state index in [0.717, 1.165) is 24.2 Å². The largest absolute Gasteiger partial charge is 0.490 e. The minimum absolute atomic E-state index is 0.204. The summed E-state index contributed by atoms with van der Waals surface area (Å²) in [5, 5.41) is 9.87.